The summed E-state index contributed by atoms with van der Waals surface area (Å²) in [5.74, 6) is -0.369. The van der Waals surface area contributed by atoms with Gasteiger partial charge in [0, 0.05) is 60.4 Å². The second-order valence-electron chi connectivity index (χ2n) is 12.3. The number of halogens is 3. The molecule has 2 N–H and O–H groups in total. The van der Waals surface area contributed by atoms with E-state index in [2.05, 4.69) is 32.1 Å². The second-order valence-corrected chi connectivity index (χ2v) is 12.3. The fourth-order valence-corrected chi connectivity index (χ4v) is 7.16. The van der Waals surface area contributed by atoms with Crippen molar-refractivity contribution in [2.45, 2.75) is 74.8 Å². The Morgan fingerprint density at radius 2 is 1.70 bits per heavy atom. The van der Waals surface area contributed by atoms with Crippen molar-refractivity contribution in [2.24, 2.45) is 0 Å². The molecule has 4 heterocycles. The van der Waals surface area contributed by atoms with E-state index in [1.165, 1.54) is 12.1 Å². The number of carbonyl (C=O) groups excluding carboxylic acids is 2. The van der Waals surface area contributed by atoms with Crippen LogP contribution < -0.4 is 5.32 Å². The minimum absolute atomic E-state index is 0.0139. The number of aliphatic hydroxyl groups is 1. The number of fused-ring (bicyclic) bond motifs is 1. The van der Waals surface area contributed by atoms with Crippen LogP contribution in [-0.2, 0) is 16.6 Å². The van der Waals surface area contributed by atoms with Gasteiger partial charge in [-0.15, -0.1) is 0 Å². The first-order valence-electron chi connectivity index (χ1n) is 14.9. The molecule has 9 nitrogen and oxygen atoms in total. The van der Waals surface area contributed by atoms with Crippen LogP contribution in [0.15, 0.2) is 61.1 Å². The zero-order valence-corrected chi connectivity index (χ0v) is 24.4. The van der Waals surface area contributed by atoms with E-state index in [-0.39, 0.29) is 35.6 Å². The number of nitrogens with zero attached hydrogens (tertiary/aromatic N) is 5. The topological polar surface area (TPSA) is 112 Å². The smallest absolute Gasteiger partial charge is 0.384 e. The molecule has 1 aliphatic carbocycles. The molecule has 0 radical (unpaired) electrons. The van der Waals surface area contributed by atoms with Gasteiger partial charge in [0.1, 0.15) is 5.60 Å². The maximum absolute atomic E-state index is 13.1. The molecule has 12 heteroatoms. The third kappa shape index (κ3) is 5.80. The van der Waals surface area contributed by atoms with Crippen molar-refractivity contribution >= 4 is 11.8 Å². The molecule has 2 aliphatic heterocycles. The van der Waals surface area contributed by atoms with Gasteiger partial charge in [0.15, 0.2) is 5.82 Å². The minimum Gasteiger partial charge on any atom is -0.384 e. The quantitative estimate of drug-likeness (QED) is 0.432. The van der Waals surface area contributed by atoms with Crippen LogP contribution in [0.5, 0.6) is 0 Å². The van der Waals surface area contributed by atoms with Crippen LogP contribution in [0.1, 0.15) is 67.1 Å². The van der Waals surface area contributed by atoms with Gasteiger partial charge in [-0.05, 0) is 81.8 Å². The summed E-state index contributed by atoms with van der Waals surface area (Å²) in [6.07, 6.45) is 4.80. The van der Waals surface area contributed by atoms with Gasteiger partial charge in [-0.25, -0.2) is 9.97 Å². The van der Waals surface area contributed by atoms with E-state index in [1.54, 1.807) is 24.7 Å². The Balaban J connectivity index is 1.04. The highest BCUT2D eigenvalue weighted by Gasteiger charge is 2.52. The Hall–Kier alpha value is -3.90. The second kappa shape index (κ2) is 11.6. The van der Waals surface area contributed by atoms with E-state index in [0.717, 1.165) is 49.9 Å². The normalized spacial score (nSPS) is 27.2. The van der Waals surface area contributed by atoms with Gasteiger partial charge in [0.25, 0.3) is 5.91 Å². The maximum Gasteiger partial charge on any atom is 0.416 e. The Morgan fingerprint density at radius 3 is 2.39 bits per heavy atom. The van der Waals surface area contributed by atoms with E-state index in [9.17, 15) is 27.9 Å². The summed E-state index contributed by atoms with van der Waals surface area (Å²) >= 11 is 0. The van der Waals surface area contributed by atoms with Gasteiger partial charge in [-0.1, -0.05) is 6.07 Å². The minimum atomic E-state index is -4.56. The molecule has 1 saturated carbocycles. The number of aromatic nitrogens is 3. The molecule has 0 unspecified atom stereocenters. The lowest BCUT2D eigenvalue weighted by atomic mass is 9.72. The van der Waals surface area contributed by atoms with Crippen LogP contribution >= 0.6 is 0 Å². The third-order valence-corrected chi connectivity index (χ3v) is 9.66. The molecule has 2 amide bonds. The Kier molecular flexibility index (Phi) is 7.91. The summed E-state index contributed by atoms with van der Waals surface area (Å²) in [6.45, 7) is 3.35. The van der Waals surface area contributed by atoms with Crippen molar-refractivity contribution in [2.75, 3.05) is 19.6 Å². The van der Waals surface area contributed by atoms with Gasteiger partial charge in [-0.2, -0.15) is 13.2 Å². The molecule has 3 aromatic rings. The number of amides is 2. The number of hydrogen-bond donors (Lipinski definition) is 2. The molecule has 3 fully saturated rings. The highest BCUT2D eigenvalue weighted by atomic mass is 19.4. The molecule has 0 spiro atoms. The average Bonchev–Trinajstić information content (AvgIpc) is 3.65. The highest BCUT2D eigenvalue weighted by Crippen LogP contribution is 2.47. The van der Waals surface area contributed by atoms with E-state index in [4.69, 9.17) is 0 Å². The molecule has 3 aliphatic rings. The van der Waals surface area contributed by atoms with Crippen LogP contribution in [0.3, 0.4) is 0 Å². The number of carbonyl (C=O) groups is 2. The molecule has 2 atom stereocenters. The van der Waals surface area contributed by atoms with Crippen molar-refractivity contribution < 1.29 is 27.9 Å². The van der Waals surface area contributed by atoms with Crippen molar-refractivity contribution in [3.8, 4) is 11.4 Å². The van der Waals surface area contributed by atoms with E-state index >= 15 is 0 Å². The Bertz CT molecular complexity index is 1510. The molecule has 232 valence electrons. The molecule has 2 aromatic heterocycles. The molecular formula is C32H35F3N6O3. The van der Waals surface area contributed by atoms with Crippen molar-refractivity contribution in [1.82, 2.24) is 30.1 Å². The van der Waals surface area contributed by atoms with Crippen molar-refractivity contribution in [3.05, 3.63) is 77.9 Å². The first-order valence-corrected chi connectivity index (χ1v) is 14.9. The summed E-state index contributed by atoms with van der Waals surface area (Å²) in [7, 11) is 0. The Labute approximate surface area is 253 Å². The number of nitrogens with one attached hydrogen (secondary N) is 1. The number of pyridine rings is 1. The van der Waals surface area contributed by atoms with Gasteiger partial charge in [0.05, 0.1) is 17.8 Å². The number of likely N-dealkylation sites (tertiary alicyclic amines) is 2. The first kappa shape index (κ1) is 30.1. The lowest BCUT2D eigenvalue weighted by Gasteiger charge is -2.48. The maximum atomic E-state index is 13.1. The fraction of sp³-hybridized carbons (Fsp3) is 0.469. The van der Waals surface area contributed by atoms with Crippen LogP contribution in [0, 0.1) is 0 Å². The SMILES string of the molecule is CC1(N2CC[C@H]3[C@@H]2CCN3C(=O)CNC(=O)c2cccc(C(F)(F)F)c2)CCC(O)(c2ccc(-c3ncccn3)cn2)CC1. The van der Waals surface area contributed by atoms with Gasteiger partial charge in [-0.3, -0.25) is 19.5 Å². The molecular weight excluding hydrogens is 573 g/mol. The number of benzene rings is 1. The molecule has 2 saturated heterocycles. The highest BCUT2D eigenvalue weighted by molar-refractivity contribution is 5.96. The summed E-state index contributed by atoms with van der Waals surface area (Å²) in [5.41, 5.74) is -0.780. The van der Waals surface area contributed by atoms with Crippen molar-refractivity contribution in [3.63, 3.8) is 0 Å². The predicted molar refractivity (Wildman–Crippen MR) is 155 cm³/mol. The fourth-order valence-electron chi connectivity index (χ4n) is 7.16. The van der Waals surface area contributed by atoms with E-state index in [1.807, 2.05) is 17.0 Å². The summed E-state index contributed by atoms with van der Waals surface area (Å²) in [4.78, 5) is 43.0. The van der Waals surface area contributed by atoms with E-state index in [0.29, 0.717) is 30.9 Å². The third-order valence-electron chi connectivity index (χ3n) is 9.66. The summed E-state index contributed by atoms with van der Waals surface area (Å²) in [6, 6.07) is 9.86. The van der Waals surface area contributed by atoms with Crippen LogP contribution in [0.25, 0.3) is 11.4 Å². The lowest BCUT2D eigenvalue weighted by Crippen LogP contribution is -2.54. The monoisotopic (exact) mass is 608 g/mol. The average molecular weight is 609 g/mol. The molecule has 1 aromatic carbocycles. The van der Waals surface area contributed by atoms with Crippen LogP contribution in [0.4, 0.5) is 13.2 Å². The van der Waals surface area contributed by atoms with Gasteiger partial charge >= 0.3 is 6.18 Å². The van der Waals surface area contributed by atoms with Crippen molar-refractivity contribution in [1.29, 1.82) is 0 Å². The van der Waals surface area contributed by atoms with E-state index < -0.39 is 23.2 Å². The predicted octanol–water partition coefficient (Wildman–Crippen LogP) is 4.18. The molecule has 6 rings (SSSR count). The van der Waals surface area contributed by atoms with Crippen LogP contribution in [-0.4, -0.2) is 78.9 Å². The zero-order valence-electron chi connectivity index (χ0n) is 24.4. The number of alkyl halides is 3. The van der Waals surface area contributed by atoms with Crippen LogP contribution in [0.2, 0.25) is 0 Å². The number of rotatable bonds is 6. The summed E-state index contributed by atoms with van der Waals surface area (Å²) in [5, 5.41) is 14.1. The largest absolute Gasteiger partial charge is 0.416 e. The summed E-state index contributed by atoms with van der Waals surface area (Å²) < 4.78 is 39.1. The first-order chi connectivity index (χ1) is 21.0. The van der Waals surface area contributed by atoms with Gasteiger partial charge < -0.3 is 15.3 Å². The molecule has 44 heavy (non-hydrogen) atoms. The number of hydrogen-bond acceptors (Lipinski definition) is 7. The zero-order chi connectivity index (χ0) is 31.1. The lowest BCUT2D eigenvalue weighted by molar-refractivity contribution is -0.137. The van der Waals surface area contributed by atoms with Gasteiger partial charge in [0.2, 0.25) is 5.91 Å². The molecule has 0 bridgehead atoms. The Morgan fingerprint density at radius 1 is 0.977 bits per heavy atom. The standard InChI is InChI=1S/C32H35F3N6O3/c1-30(10-12-31(44,13-11-30)26-7-6-22(19-38-26)28-36-14-3-15-37-28)41-17-9-24-25(41)8-16-40(24)27(42)20-39-29(43)21-4-2-5-23(18-21)32(33,34)35/h2-7,14-15,18-19,24-25,44H,8-13,16-17,20H2,1H3,(H,39,43)/t24-,25-,30?,31?/m0/s1.